The topological polar surface area (TPSA) is 111 Å². The van der Waals surface area contributed by atoms with E-state index in [0.29, 0.717) is 23.6 Å². The van der Waals surface area contributed by atoms with Gasteiger partial charge in [0.15, 0.2) is 5.78 Å². The first kappa shape index (κ1) is 26.0. The second-order valence-corrected chi connectivity index (χ2v) is 9.88. The Labute approximate surface area is 226 Å². The van der Waals surface area contributed by atoms with Crippen LogP contribution in [0.15, 0.2) is 71.8 Å². The molecule has 198 valence electrons. The van der Waals surface area contributed by atoms with Gasteiger partial charge in [0.25, 0.3) is 0 Å². The molecule has 0 saturated heterocycles. The van der Waals surface area contributed by atoms with Gasteiger partial charge in [-0.15, -0.1) is 10.2 Å². The molecular formula is C30H31N7O2. The minimum absolute atomic E-state index is 0.0671. The van der Waals surface area contributed by atoms with Crippen molar-refractivity contribution in [1.29, 1.82) is 0 Å². The molecule has 0 aliphatic carbocycles. The van der Waals surface area contributed by atoms with Gasteiger partial charge < -0.3 is 0 Å². The van der Waals surface area contributed by atoms with Crippen LogP contribution in [0.3, 0.4) is 0 Å². The average Bonchev–Trinajstić information content (AvgIpc) is 3.58. The van der Waals surface area contributed by atoms with Crippen molar-refractivity contribution < 1.29 is 4.79 Å². The van der Waals surface area contributed by atoms with Gasteiger partial charge in [-0.3, -0.25) is 18.9 Å². The van der Waals surface area contributed by atoms with Crippen LogP contribution in [0, 0.1) is 0 Å². The fourth-order valence-corrected chi connectivity index (χ4v) is 4.94. The van der Waals surface area contributed by atoms with E-state index in [1.807, 2.05) is 54.7 Å². The summed E-state index contributed by atoms with van der Waals surface area (Å²) in [5.41, 5.74) is 6.37. The molecule has 0 radical (unpaired) electrons. The molecule has 0 saturated carbocycles. The molecule has 2 aromatic carbocycles. The van der Waals surface area contributed by atoms with Crippen molar-refractivity contribution in [1.82, 2.24) is 34.7 Å². The molecule has 5 aromatic rings. The van der Waals surface area contributed by atoms with Crippen molar-refractivity contribution in [2.75, 3.05) is 0 Å². The Kier molecular flexibility index (Phi) is 7.31. The van der Waals surface area contributed by atoms with Crippen LogP contribution in [-0.2, 0) is 13.0 Å². The van der Waals surface area contributed by atoms with Gasteiger partial charge in [-0.25, -0.2) is 4.79 Å². The normalized spacial score (nSPS) is 11.3. The summed E-state index contributed by atoms with van der Waals surface area (Å²) in [6, 6.07) is 17.4. The molecule has 0 fully saturated rings. The Morgan fingerprint density at radius 2 is 1.82 bits per heavy atom. The summed E-state index contributed by atoms with van der Waals surface area (Å²) in [5.74, 6) is 0.592. The van der Waals surface area contributed by atoms with Crippen LogP contribution in [0.5, 0.6) is 0 Å². The maximum atomic E-state index is 13.8. The summed E-state index contributed by atoms with van der Waals surface area (Å²) >= 11 is 0. The van der Waals surface area contributed by atoms with Crippen molar-refractivity contribution >= 4 is 5.78 Å². The number of nitrogens with one attached hydrogen (secondary N) is 1. The molecule has 0 atom stereocenters. The molecular weight excluding hydrogens is 490 g/mol. The van der Waals surface area contributed by atoms with Crippen LogP contribution in [0.1, 0.15) is 67.3 Å². The number of tetrazole rings is 1. The zero-order valence-electron chi connectivity index (χ0n) is 22.5. The first-order chi connectivity index (χ1) is 18.9. The first-order valence-corrected chi connectivity index (χ1v) is 13.1. The van der Waals surface area contributed by atoms with Gasteiger partial charge in [0.2, 0.25) is 5.82 Å². The molecule has 0 spiro atoms. The molecule has 1 N–H and O–H groups in total. The van der Waals surface area contributed by atoms with Gasteiger partial charge in [0.05, 0.1) is 17.9 Å². The number of H-pyrrole nitrogens is 1. The predicted octanol–water partition coefficient (Wildman–Crippen LogP) is 5.21. The molecule has 0 unspecified atom stereocenters. The molecule has 3 heterocycles. The van der Waals surface area contributed by atoms with E-state index >= 15 is 0 Å². The molecule has 0 amide bonds. The van der Waals surface area contributed by atoms with Crippen molar-refractivity contribution in [2.45, 2.75) is 53.0 Å². The standard InChI is InChI=1S/C30H31N7O2/c1-5-9-23-18-37(28-24(19(2)3)12-8-13-25(28)20(4)38)30(39)36(23)17-22-15-14-21(16-31-22)26-10-6-7-11-27(26)29-32-34-35-33-29/h6-8,10-16,18-19H,5,9,17H2,1-4H3,(H,32,33,34,35). The van der Waals surface area contributed by atoms with Gasteiger partial charge in [0, 0.05) is 34.8 Å². The quantitative estimate of drug-likeness (QED) is 0.267. The number of Topliss-reactive ketones (excluding diaryl/α,β-unsaturated/α-hetero) is 1. The molecule has 5 rings (SSSR count). The number of carbonyl (C=O) groups is 1. The SMILES string of the molecule is CCCc1cn(-c2c(C(C)=O)cccc2C(C)C)c(=O)n1Cc1ccc(-c2ccccc2-c2nn[nH]n2)cn1. The number of hydrogen-bond donors (Lipinski definition) is 1. The van der Waals surface area contributed by atoms with E-state index in [4.69, 9.17) is 4.98 Å². The fourth-order valence-electron chi connectivity index (χ4n) is 4.94. The number of pyridine rings is 1. The second-order valence-electron chi connectivity index (χ2n) is 9.88. The lowest BCUT2D eigenvalue weighted by Crippen LogP contribution is -2.26. The predicted molar refractivity (Wildman–Crippen MR) is 150 cm³/mol. The van der Waals surface area contributed by atoms with Crippen molar-refractivity contribution in [3.8, 4) is 28.2 Å². The minimum atomic E-state index is -0.178. The van der Waals surface area contributed by atoms with Crippen molar-refractivity contribution in [3.63, 3.8) is 0 Å². The number of ketones is 1. The third kappa shape index (κ3) is 5.07. The largest absolute Gasteiger partial charge is 0.333 e. The third-order valence-corrected chi connectivity index (χ3v) is 6.85. The molecule has 3 aromatic heterocycles. The number of benzene rings is 2. The minimum Gasteiger partial charge on any atom is -0.294 e. The summed E-state index contributed by atoms with van der Waals surface area (Å²) in [4.78, 5) is 31.1. The summed E-state index contributed by atoms with van der Waals surface area (Å²) < 4.78 is 3.41. The molecule has 9 heteroatoms. The number of aromatic nitrogens is 7. The molecule has 0 bridgehead atoms. The number of rotatable bonds is 9. The highest BCUT2D eigenvalue weighted by Gasteiger charge is 2.21. The number of carbonyl (C=O) groups excluding carboxylic acids is 1. The fraction of sp³-hybridized carbons (Fsp3) is 0.267. The Morgan fingerprint density at radius 1 is 1.03 bits per heavy atom. The molecule has 0 aliphatic heterocycles. The lowest BCUT2D eigenvalue weighted by molar-refractivity contribution is 0.101. The van der Waals surface area contributed by atoms with Gasteiger partial charge in [-0.1, -0.05) is 69.7 Å². The van der Waals surface area contributed by atoms with Gasteiger partial charge in [-0.2, -0.15) is 5.21 Å². The van der Waals surface area contributed by atoms with Crippen LogP contribution in [0.2, 0.25) is 0 Å². The second kappa shape index (κ2) is 11.0. The monoisotopic (exact) mass is 521 g/mol. The smallest absolute Gasteiger partial charge is 0.294 e. The molecule has 0 aliphatic rings. The third-order valence-electron chi connectivity index (χ3n) is 6.85. The van der Waals surface area contributed by atoms with E-state index in [0.717, 1.165) is 46.5 Å². The highest BCUT2D eigenvalue weighted by atomic mass is 16.2. The summed E-state index contributed by atoms with van der Waals surface area (Å²) in [6.45, 7) is 8.09. The highest BCUT2D eigenvalue weighted by Crippen LogP contribution is 2.30. The zero-order valence-corrected chi connectivity index (χ0v) is 22.5. The number of aryl methyl sites for hydroxylation is 1. The van der Waals surface area contributed by atoms with Crippen LogP contribution in [0.25, 0.3) is 28.2 Å². The van der Waals surface area contributed by atoms with Crippen LogP contribution in [0.4, 0.5) is 0 Å². The van der Waals surface area contributed by atoms with E-state index in [1.165, 1.54) is 0 Å². The van der Waals surface area contributed by atoms with E-state index in [-0.39, 0.29) is 17.4 Å². The average molecular weight is 522 g/mol. The summed E-state index contributed by atoms with van der Waals surface area (Å²) in [5, 5.41) is 14.4. The zero-order chi connectivity index (χ0) is 27.5. The Hall–Kier alpha value is -4.66. The van der Waals surface area contributed by atoms with E-state index in [9.17, 15) is 9.59 Å². The Balaban J connectivity index is 1.53. The number of aromatic amines is 1. The first-order valence-electron chi connectivity index (χ1n) is 13.1. The Bertz CT molecular complexity index is 1660. The van der Waals surface area contributed by atoms with Gasteiger partial charge >= 0.3 is 5.69 Å². The van der Waals surface area contributed by atoms with Crippen molar-refractivity contribution in [3.05, 3.63) is 100.0 Å². The van der Waals surface area contributed by atoms with Crippen LogP contribution < -0.4 is 5.69 Å². The number of nitrogens with zero attached hydrogens (tertiary/aromatic N) is 6. The highest BCUT2D eigenvalue weighted by molar-refractivity contribution is 5.98. The molecule has 9 nitrogen and oxygen atoms in total. The van der Waals surface area contributed by atoms with Crippen molar-refractivity contribution in [2.24, 2.45) is 0 Å². The van der Waals surface area contributed by atoms with Gasteiger partial charge in [-0.05, 0) is 47.7 Å². The molecule has 39 heavy (non-hydrogen) atoms. The van der Waals surface area contributed by atoms with Crippen LogP contribution >= 0.6 is 0 Å². The maximum Gasteiger partial charge on any atom is 0.333 e. The number of imidazole rings is 1. The summed E-state index contributed by atoms with van der Waals surface area (Å²) in [6.07, 6.45) is 5.30. The van der Waals surface area contributed by atoms with Crippen LogP contribution in [-0.4, -0.2) is 40.5 Å². The summed E-state index contributed by atoms with van der Waals surface area (Å²) in [7, 11) is 0. The van der Waals surface area contributed by atoms with E-state index in [1.54, 1.807) is 28.3 Å². The lowest BCUT2D eigenvalue weighted by Gasteiger charge is -2.16. The van der Waals surface area contributed by atoms with E-state index in [2.05, 4.69) is 41.4 Å². The number of hydrogen-bond acceptors (Lipinski definition) is 6. The van der Waals surface area contributed by atoms with Gasteiger partial charge in [0.1, 0.15) is 0 Å². The van der Waals surface area contributed by atoms with E-state index < -0.39 is 0 Å². The number of para-hydroxylation sites is 1. The lowest BCUT2D eigenvalue weighted by atomic mass is 9.96. The Morgan fingerprint density at radius 3 is 2.46 bits per heavy atom. The maximum absolute atomic E-state index is 13.8.